The van der Waals surface area contributed by atoms with E-state index in [0.717, 1.165) is 24.8 Å². The first kappa shape index (κ1) is 13.1. The van der Waals surface area contributed by atoms with Crippen LogP contribution in [0.3, 0.4) is 0 Å². The van der Waals surface area contributed by atoms with Crippen molar-refractivity contribution < 1.29 is 17.9 Å². The number of ether oxygens (including phenoxy) is 2. The Morgan fingerprint density at radius 2 is 2.05 bits per heavy atom. The monoisotopic (exact) mass is 302 g/mol. The van der Waals surface area contributed by atoms with Gasteiger partial charge < -0.3 is 9.47 Å². The predicted molar refractivity (Wildman–Crippen MR) is 71.7 cm³/mol. The van der Waals surface area contributed by atoms with Crippen LogP contribution in [-0.2, 0) is 14.5 Å². The summed E-state index contributed by atoms with van der Waals surface area (Å²) in [4.78, 5) is -0.0276. The van der Waals surface area contributed by atoms with E-state index < -0.39 is 9.05 Å². The average Bonchev–Trinajstić information content (AvgIpc) is 2.33. The Morgan fingerprint density at radius 3 is 2.58 bits per heavy atom. The topological polar surface area (TPSA) is 52.6 Å². The number of hydrogen-bond acceptors (Lipinski definition) is 4. The molecule has 1 fully saturated rings. The molecule has 1 aromatic carbocycles. The van der Waals surface area contributed by atoms with Crippen LogP contribution in [0.15, 0.2) is 17.0 Å². The first-order chi connectivity index (χ1) is 8.98. The van der Waals surface area contributed by atoms with E-state index in [0.29, 0.717) is 12.4 Å². The number of rotatable bonds is 2. The van der Waals surface area contributed by atoms with Crippen LogP contribution in [0.25, 0.3) is 0 Å². The molecule has 1 spiro atoms. The maximum atomic E-state index is 11.8. The number of methoxy groups -OCH3 is 1. The Bertz CT molecular complexity index is 620. The number of hydrogen-bond donors (Lipinski definition) is 0. The molecule has 1 saturated carbocycles. The van der Waals surface area contributed by atoms with Gasteiger partial charge in [0.05, 0.1) is 13.7 Å². The van der Waals surface area contributed by atoms with Crippen molar-refractivity contribution in [2.24, 2.45) is 0 Å². The van der Waals surface area contributed by atoms with Crippen LogP contribution in [0.5, 0.6) is 11.5 Å². The molecule has 2 aliphatic rings. The molecule has 4 nitrogen and oxygen atoms in total. The van der Waals surface area contributed by atoms with Crippen LogP contribution < -0.4 is 9.47 Å². The van der Waals surface area contributed by atoms with Crippen LogP contribution in [0.1, 0.15) is 31.2 Å². The van der Waals surface area contributed by atoms with Gasteiger partial charge in [-0.15, -0.1) is 0 Å². The summed E-state index contributed by atoms with van der Waals surface area (Å²) in [6, 6.07) is 3.58. The normalized spacial score (nSPS) is 20.3. The molecule has 1 aromatic rings. The average molecular weight is 303 g/mol. The van der Waals surface area contributed by atoms with Crippen molar-refractivity contribution in [1.82, 2.24) is 0 Å². The number of halogens is 1. The zero-order chi connectivity index (χ0) is 13.7. The van der Waals surface area contributed by atoms with Gasteiger partial charge in [0.15, 0.2) is 4.90 Å². The fourth-order valence-corrected chi connectivity index (χ4v) is 4.32. The van der Waals surface area contributed by atoms with E-state index in [4.69, 9.17) is 20.2 Å². The van der Waals surface area contributed by atoms with Gasteiger partial charge in [-0.3, -0.25) is 0 Å². The van der Waals surface area contributed by atoms with Crippen molar-refractivity contribution in [2.75, 3.05) is 13.7 Å². The largest absolute Gasteiger partial charge is 0.495 e. The zero-order valence-electron chi connectivity index (χ0n) is 10.6. The fraction of sp³-hybridized carbons (Fsp3) is 0.538. The van der Waals surface area contributed by atoms with Gasteiger partial charge in [-0.25, -0.2) is 8.42 Å². The van der Waals surface area contributed by atoms with Crippen LogP contribution in [0.4, 0.5) is 0 Å². The highest BCUT2D eigenvalue weighted by Crippen LogP contribution is 2.54. The lowest BCUT2D eigenvalue weighted by atomic mass is 9.62. The third-order valence-corrected chi connectivity index (χ3v) is 5.59. The molecule has 1 aliphatic carbocycles. The van der Waals surface area contributed by atoms with Crippen molar-refractivity contribution in [3.63, 3.8) is 0 Å². The quantitative estimate of drug-likeness (QED) is 0.788. The molecule has 6 heteroatoms. The summed E-state index contributed by atoms with van der Waals surface area (Å²) in [5.74, 6) is 0.630. The Morgan fingerprint density at radius 1 is 1.32 bits per heavy atom. The molecule has 1 aliphatic heterocycles. The summed E-state index contributed by atoms with van der Waals surface area (Å²) < 4.78 is 34.3. The summed E-state index contributed by atoms with van der Waals surface area (Å²) in [6.45, 7) is 0.527. The van der Waals surface area contributed by atoms with E-state index >= 15 is 0 Å². The molecule has 0 radical (unpaired) electrons. The maximum absolute atomic E-state index is 11.8. The molecule has 19 heavy (non-hydrogen) atoms. The second-order valence-electron chi connectivity index (χ2n) is 5.14. The SMILES string of the molecule is COc1ccc2c(c1S(=O)(=O)Cl)OCCC21CCC1. The van der Waals surface area contributed by atoms with Gasteiger partial charge in [0.25, 0.3) is 9.05 Å². The van der Waals surface area contributed by atoms with Gasteiger partial charge in [0.1, 0.15) is 11.5 Å². The fourth-order valence-electron chi connectivity index (χ4n) is 3.10. The van der Waals surface area contributed by atoms with Crippen molar-refractivity contribution >= 4 is 19.7 Å². The van der Waals surface area contributed by atoms with E-state index in [2.05, 4.69) is 0 Å². The predicted octanol–water partition coefficient (Wildman–Crippen LogP) is 2.83. The van der Waals surface area contributed by atoms with Crippen LogP contribution >= 0.6 is 10.7 Å². The second kappa shape index (κ2) is 4.28. The molecule has 3 rings (SSSR count). The Balaban J connectivity index is 2.26. The smallest absolute Gasteiger partial charge is 0.268 e. The Labute approximate surface area is 117 Å². The minimum Gasteiger partial charge on any atom is -0.495 e. The highest BCUT2D eigenvalue weighted by Gasteiger charge is 2.45. The van der Waals surface area contributed by atoms with Crippen molar-refractivity contribution in [3.05, 3.63) is 17.7 Å². The summed E-state index contributed by atoms with van der Waals surface area (Å²) in [7, 11) is 3.07. The van der Waals surface area contributed by atoms with E-state index in [1.54, 1.807) is 6.07 Å². The van der Waals surface area contributed by atoms with E-state index in [9.17, 15) is 8.42 Å². The molecule has 0 atom stereocenters. The molecular formula is C13H15ClO4S. The summed E-state index contributed by atoms with van der Waals surface area (Å²) >= 11 is 0. The third-order valence-electron chi connectivity index (χ3n) is 4.25. The van der Waals surface area contributed by atoms with Gasteiger partial charge in [-0.2, -0.15) is 0 Å². The molecule has 0 amide bonds. The maximum Gasteiger partial charge on any atom is 0.268 e. The van der Waals surface area contributed by atoms with E-state index in [1.165, 1.54) is 13.5 Å². The Hall–Kier alpha value is -0.940. The molecular weight excluding hydrogens is 288 g/mol. The summed E-state index contributed by atoms with van der Waals surface area (Å²) in [5, 5.41) is 0. The van der Waals surface area contributed by atoms with Gasteiger partial charge in [-0.05, 0) is 25.3 Å². The van der Waals surface area contributed by atoms with Crippen LogP contribution in [0, 0.1) is 0 Å². The molecule has 104 valence electrons. The van der Waals surface area contributed by atoms with Gasteiger partial charge in [0, 0.05) is 21.7 Å². The zero-order valence-corrected chi connectivity index (χ0v) is 12.2. The first-order valence-corrected chi connectivity index (χ1v) is 8.58. The number of benzene rings is 1. The molecule has 0 unspecified atom stereocenters. The van der Waals surface area contributed by atoms with Crippen molar-refractivity contribution in [3.8, 4) is 11.5 Å². The van der Waals surface area contributed by atoms with Gasteiger partial charge >= 0.3 is 0 Å². The molecule has 0 saturated heterocycles. The van der Waals surface area contributed by atoms with Crippen LogP contribution in [0.2, 0.25) is 0 Å². The summed E-state index contributed by atoms with van der Waals surface area (Å²) in [5.41, 5.74) is 1.04. The summed E-state index contributed by atoms with van der Waals surface area (Å²) in [6.07, 6.45) is 4.28. The first-order valence-electron chi connectivity index (χ1n) is 6.27. The second-order valence-corrected chi connectivity index (χ2v) is 7.65. The molecule has 0 N–H and O–H groups in total. The highest BCUT2D eigenvalue weighted by molar-refractivity contribution is 8.14. The minimum atomic E-state index is -3.90. The standard InChI is InChI=1S/C13H15ClO4S/c1-17-10-4-3-9-11(12(10)19(14,15)16)18-8-7-13(9)5-2-6-13/h3-4H,2,5-8H2,1H3. The van der Waals surface area contributed by atoms with Gasteiger partial charge in [0.2, 0.25) is 0 Å². The third kappa shape index (κ3) is 1.91. The lowest BCUT2D eigenvalue weighted by molar-refractivity contribution is 0.139. The molecule has 0 aromatic heterocycles. The highest BCUT2D eigenvalue weighted by atomic mass is 35.7. The Kier molecular flexibility index (Phi) is 2.94. The van der Waals surface area contributed by atoms with Crippen molar-refractivity contribution in [1.29, 1.82) is 0 Å². The molecule has 1 heterocycles. The lowest BCUT2D eigenvalue weighted by Crippen LogP contribution is -2.39. The number of fused-ring (bicyclic) bond motifs is 2. The van der Waals surface area contributed by atoms with E-state index in [-0.39, 0.29) is 16.1 Å². The van der Waals surface area contributed by atoms with Crippen LogP contribution in [-0.4, -0.2) is 22.1 Å². The van der Waals surface area contributed by atoms with E-state index in [1.807, 2.05) is 6.07 Å². The van der Waals surface area contributed by atoms with Gasteiger partial charge in [-0.1, -0.05) is 12.5 Å². The minimum absolute atomic E-state index is 0.0276. The van der Waals surface area contributed by atoms with Crippen molar-refractivity contribution in [2.45, 2.75) is 36.0 Å². The molecule has 0 bridgehead atoms. The lowest BCUT2D eigenvalue weighted by Gasteiger charge is -2.46.